The number of ether oxygens (including phenoxy) is 1. The van der Waals surface area contributed by atoms with Crippen LogP contribution in [0.5, 0.6) is 5.88 Å². The standard InChI is InChI=1S/C19H31N5O2/c1-11(2)9-14(10-20)22-16(25)8-7-15-12(3)17-18(21-13(15)4)24(5)23-19(17)26-6/h11,14H,7-10,20H2,1-6H3,(H,22,25). The van der Waals surface area contributed by atoms with Gasteiger partial charge in [-0.1, -0.05) is 13.8 Å². The minimum Gasteiger partial charge on any atom is -0.479 e. The highest BCUT2D eigenvalue weighted by molar-refractivity contribution is 5.86. The second-order valence-electron chi connectivity index (χ2n) is 7.26. The minimum atomic E-state index is 0.0261. The number of methoxy groups -OCH3 is 1. The molecule has 1 atom stereocenters. The summed E-state index contributed by atoms with van der Waals surface area (Å²) in [7, 11) is 3.46. The number of amides is 1. The largest absolute Gasteiger partial charge is 0.479 e. The first-order valence-corrected chi connectivity index (χ1v) is 9.14. The number of nitrogens with one attached hydrogen (secondary N) is 1. The van der Waals surface area contributed by atoms with Crippen molar-refractivity contribution in [2.75, 3.05) is 13.7 Å². The van der Waals surface area contributed by atoms with Crippen LogP contribution in [0.3, 0.4) is 0 Å². The number of carbonyl (C=O) groups excluding carboxylic acids is 1. The van der Waals surface area contributed by atoms with Gasteiger partial charge in [0.05, 0.1) is 12.5 Å². The van der Waals surface area contributed by atoms with Gasteiger partial charge in [-0.25, -0.2) is 9.67 Å². The first kappa shape index (κ1) is 20.2. The molecule has 144 valence electrons. The highest BCUT2D eigenvalue weighted by Gasteiger charge is 2.19. The van der Waals surface area contributed by atoms with Crippen molar-refractivity contribution in [1.82, 2.24) is 20.1 Å². The summed E-state index contributed by atoms with van der Waals surface area (Å²) < 4.78 is 7.11. The van der Waals surface area contributed by atoms with E-state index in [0.717, 1.165) is 34.3 Å². The lowest BCUT2D eigenvalue weighted by Crippen LogP contribution is -2.41. The fourth-order valence-corrected chi connectivity index (χ4v) is 3.43. The Labute approximate surface area is 155 Å². The van der Waals surface area contributed by atoms with E-state index in [1.54, 1.807) is 11.8 Å². The molecule has 0 aliphatic rings. The summed E-state index contributed by atoms with van der Waals surface area (Å²) in [5.41, 5.74) is 9.64. The third kappa shape index (κ3) is 4.33. The molecular weight excluding hydrogens is 330 g/mol. The Bertz CT molecular complexity index is 782. The molecule has 0 saturated carbocycles. The van der Waals surface area contributed by atoms with Gasteiger partial charge in [0.25, 0.3) is 0 Å². The first-order valence-electron chi connectivity index (χ1n) is 9.14. The second kappa shape index (κ2) is 8.49. The van der Waals surface area contributed by atoms with Gasteiger partial charge in [-0.2, -0.15) is 0 Å². The summed E-state index contributed by atoms with van der Waals surface area (Å²) in [5, 5.41) is 8.32. The Balaban J connectivity index is 2.17. The molecule has 0 aromatic carbocycles. The SMILES string of the molecule is COc1nn(C)c2nc(C)c(CCC(=O)NC(CN)CC(C)C)c(C)c12. The van der Waals surface area contributed by atoms with Crippen molar-refractivity contribution in [3.8, 4) is 5.88 Å². The zero-order valence-electron chi connectivity index (χ0n) is 16.7. The molecule has 7 heteroatoms. The number of aryl methyl sites for hydroxylation is 3. The molecule has 2 rings (SSSR count). The number of nitrogens with two attached hydrogens (primary N) is 1. The molecule has 1 unspecified atom stereocenters. The molecule has 2 aromatic heterocycles. The topological polar surface area (TPSA) is 95.1 Å². The third-order valence-corrected chi connectivity index (χ3v) is 4.72. The monoisotopic (exact) mass is 361 g/mol. The lowest BCUT2D eigenvalue weighted by atomic mass is 9.99. The van der Waals surface area contributed by atoms with Crippen LogP contribution < -0.4 is 15.8 Å². The number of hydrogen-bond acceptors (Lipinski definition) is 5. The van der Waals surface area contributed by atoms with E-state index in [9.17, 15) is 4.79 Å². The minimum absolute atomic E-state index is 0.0261. The van der Waals surface area contributed by atoms with Crippen molar-refractivity contribution < 1.29 is 9.53 Å². The van der Waals surface area contributed by atoms with Crippen LogP contribution in [0.2, 0.25) is 0 Å². The van der Waals surface area contributed by atoms with Crippen molar-refractivity contribution in [3.05, 3.63) is 16.8 Å². The Hall–Kier alpha value is -2.15. The molecule has 0 fully saturated rings. The van der Waals surface area contributed by atoms with E-state index < -0.39 is 0 Å². The Morgan fingerprint density at radius 2 is 2.04 bits per heavy atom. The number of carbonyl (C=O) groups is 1. The third-order valence-electron chi connectivity index (χ3n) is 4.72. The van der Waals surface area contributed by atoms with E-state index in [4.69, 9.17) is 10.5 Å². The molecule has 0 aliphatic carbocycles. The Morgan fingerprint density at radius 3 is 2.62 bits per heavy atom. The van der Waals surface area contributed by atoms with E-state index in [0.29, 0.717) is 31.2 Å². The fourth-order valence-electron chi connectivity index (χ4n) is 3.43. The van der Waals surface area contributed by atoms with Crippen LogP contribution >= 0.6 is 0 Å². The van der Waals surface area contributed by atoms with Crippen molar-refractivity contribution in [1.29, 1.82) is 0 Å². The van der Waals surface area contributed by atoms with Crippen LogP contribution in [0.15, 0.2) is 0 Å². The van der Waals surface area contributed by atoms with Gasteiger partial charge in [0.1, 0.15) is 0 Å². The highest BCUT2D eigenvalue weighted by Crippen LogP contribution is 2.30. The van der Waals surface area contributed by atoms with E-state index in [1.807, 2.05) is 20.9 Å². The van der Waals surface area contributed by atoms with E-state index in [1.165, 1.54) is 0 Å². The molecule has 0 bridgehead atoms. The van der Waals surface area contributed by atoms with Gasteiger partial charge in [0, 0.05) is 31.7 Å². The fraction of sp³-hybridized carbons (Fsp3) is 0.632. The molecule has 0 aliphatic heterocycles. The molecule has 26 heavy (non-hydrogen) atoms. The molecular formula is C19H31N5O2. The van der Waals surface area contributed by atoms with Gasteiger partial charge in [0.15, 0.2) is 5.65 Å². The number of aromatic nitrogens is 3. The van der Waals surface area contributed by atoms with Crippen molar-refractivity contribution in [3.63, 3.8) is 0 Å². The summed E-state index contributed by atoms with van der Waals surface area (Å²) in [6.07, 6.45) is 1.93. The van der Waals surface area contributed by atoms with Crippen LogP contribution in [-0.4, -0.2) is 40.4 Å². The maximum Gasteiger partial charge on any atom is 0.242 e. The lowest BCUT2D eigenvalue weighted by Gasteiger charge is -2.19. The zero-order valence-corrected chi connectivity index (χ0v) is 16.7. The maximum absolute atomic E-state index is 12.4. The number of pyridine rings is 1. The predicted octanol–water partition coefficient (Wildman–Crippen LogP) is 2.02. The average molecular weight is 361 g/mol. The zero-order chi connectivity index (χ0) is 19.4. The van der Waals surface area contributed by atoms with Crippen molar-refractivity contribution >= 4 is 16.9 Å². The van der Waals surface area contributed by atoms with Crippen LogP contribution in [0.4, 0.5) is 0 Å². The smallest absolute Gasteiger partial charge is 0.242 e. The normalized spacial score (nSPS) is 12.6. The highest BCUT2D eigenvalue weighted by atomic mass is 16.5. The van der Waals surface area contributed by atoms with Crippen molar-refractivity contribution in [2.45, 2.75) is 53.0 Å². The van der Waals surface area contributed by atoms with Crippen molar-refractivity contribution in [2.24, 2.45) is 18.7 Å². The molecule has 3 N–H and O–H groups in total. The van der Waals surface area contributed by atoms with Gasteiger partial charge < -0.3 is 15.8 Å². The number of rotatable bonds is 8. The van der Waals surface area contributed by atoms with Gasteiger partial charge in [0.2, 0.25) is 11.8 Å². The van der Waals surface area contributed by atoms with E-state index in [2.05, 4.69) is 29.2 Å². The Morgan fingerprint density at radius 1 is 1.35 bits per heavy atom. The summed E-state index contributed by atoms with van der Waals surface area (Å²) in [6.45, 7) is 8.73. The summed E-state index contributed by atoms with van der Waals surface area (Å²) in [5.74, 6) is 1.09. The first-order chi connectivity index (χ1) is 12.3. The molecule has 2 aromatic rings. The number of hydrogen-bond donors (Lipinski definition) is 2. The van der Waals surface area contributed by atoms with Crippen LogP contribution in [0.25, 0.3) is 11.0 Å². The molecule has 7 nitrogen and oxygen atoms in total. The number of nitrogens with zero attached hydrogens (tertiary/aromatic N) is 3. The van der Waals surface area contributed by atoms with Gasteiger partial charge >= 0.3 is 0 Å². The Kier molecular flexibility index (Phi) is 6.58. The quantitative estimate of drug-likeness (QED) is 0.750. The van der Waals surface area contributed by atoms with Crippen LogP contribution in [0.1, 0.15) is 43.5 Å². The van der Waals surface area contributed by atoms with E-state index >= 15 is 0 Å². The van der Waals surface area contributed by atoms with Gasteiger partial charge in [-0.05, 0) is 43.7 Å². The van der Waals surface area contributed by atoms with Crippen LogP contribution in [-0.2, 0) is 18.3 Å². The molecule has 0 saturated heterocycles. The van der Waals surface area contributed by atoms with Crippen LogP contribution in [0, 0.1) is 19.8 Å². The molecule has 1 amide bonds. The predicted molar refractivity (Wildman–Crippen MR) is 103 cm³/mol. The molecule has 2 heterocycles. The average Bonchev–Trinajstić information content (AvgIpc) is 2.89. The second-order valence-corrected chi connectivity index (χ2v) is 7.26. The van der Waals surface area contributed by atoms with Gasteiger partial charge in [-0.3, -0.25) is 4.79 Å². The summed E-state index contributed by atoms with van der Waals surface area (Å²) >= 11 is 0. The number of fused-ring (bicyclic) bond motifs is 1. The summed E-state index contributed by atoms with van der Waals surface area (Å²) in [6, 6.07) is 0.0312. The molecule has 0 radical (unpaired) electrons. The molecule has 0 spiro atoms. The lowest BCUT2D eigenvalue weighted by molar-refractivity contribution is -0.121. The summed E-state index contributed by atoms with van der Waals surface area (Å²) in [4.78, 5) is 17.0. The van der Waals surface area contributed by atoms with E-state index in [-0.39, 0.29) is 11.9 Å². The van der Waals surface area contributed by atoms with Gasteiger partial charge in [-0.15, -0.1) is 5.10 Å². The maximum atomic E-state index is 12.4.